The van der Waals surface area contributed by atoms with Gasteiger partial charge in [-0.1, -0.05) is 29.3 Å². The molecule has 0 aliphatic rings. The summed E-state index contributed by atoms with van der Waals surface area (Å²) in [6, 6.07) is 11.9. The molecule has 0 heterocycles. The largest absolute Gasteiger partial charge is 0.497 e. The van der Waals surface area contributed by atoms with E-state index >= 15 is 0 Å². The van der Waals surface area contributed by atoms with Crippen molar-refractivity contribution in [1.82, 2.24) is 0 Å². The highest BCUT2D eigenvalue weighted by Gasteiger charge is 2.18. The van der Waals surface area contributed by atoms with E-state index in [2.05, 4.69) is 0 Å². The van der Waals surface area contributed by atoms with Crippen LogP contribution in [0.3, 0.4) is 0 Å². The summed E-state index contributed by atoms with van der Waals surface area (Å²) in [7, 11) is -1.89. The molecule has 0 aliphatic heterocycles. The van der Waals surface area contributed by atoms with Crippen LogP contribution in [0.1, 0.15) is 5.56 Å². The molecule has 0 amide bonds. The van der Waals surface area contributed by atoms with E-state index in [1.165, 1.54) is 4.31 Å². The van der Waals surface area contributed by atoms with E-state index in [1.807, 2.05) is 0 Å². The lowest BCUT2D eigenvalue weighted by molar-refractivity contribution is 0.415. The maximum absolute atomic E-state index is 12.1. The van der Waals surface area contributed by atoms with Crippen LogP contribution >= 0.6 is 23.2 Å². The maximum atomic E-state index is 12.1. The number of rotatable bonds is 5. The summed E-state index contributed by atoms with van der Waals surface area (Å²) in [5.41, 5.74) is 1.30. The Hall–Kier alpha value is -1.43. The summed E-state index contributed by atoms with van der Waals surface area (Å²) in [4.78, 5) is 0. The molecule has 118 valence electrons. The Morgan fingerprint density at radius 3 is 2.18 bits per heavy atom. The van der Waals surface area contributed by atoms with E-state index in [0.717, 1.165) is 11.8 Å². The Bertz CT molecular complexity index is 761. The molecule has 0 spiro atoms. The molecule has 22 heavy (non-hydrogen) atoms. The zero-order valence-electron chi connectivity index (χ0n) is 12.1. The minimum atomic E-state index is -3.44. The zero-order chi connectivity index (χ0) is 16.3. The monoisotopic (exact) mass is 359 g/mol. The first-order chi connectivity index (χ1) is 10.3. The lowest BCUT2D eigenvalue weighted by Gasteiger charge is -2.23. The fraction of sp³-hybridized carbons (Fsp3) is 0.200. The quantitative estimate of drug-likeness (QED) is 0.811. The van der Waals surface area contributed by atoms with Crippen LogP contribution in [0.25, 0.3) is 0 Å². The number of anilines is 1. The van der Waals surface area contributed by atoms with E-state index in [4.69, 9.17) is 27.9 Å². The topological polar surface area (TPSA) is 46.6 Å². The molecule has 0 saturated heterocycles. The van der Waals surface area contributed by atoms with Crippen LogP contribution < -0.4 is 9.04 Å². The third kappa shape index (κ3) is 4.06. The van der Waals surface area contributed by atoms with Crippen molar-refractivity contribution in [3.05, 3.63) is 58.1 Å². The Balaban J connectivity index is 2.36. The van der Waals surface area contributed by atoms with Gasteiger partial charge in [0.1, 0.15) is 5.75 Å². The number of methoxy groups -OCH3 is 1. The molecule has 0 fully saturated rings. The summed E-state index contributed by atoms with van der Waals surface area (Å²) in [6.07, 6.45) is 1.16. The van der Waals surface area contributed by atoms with Crippen LogP contribution in [-0.2, 0) is 16.6 Å². The second-order valence-electron chi connectivity index (χ2n) is 4.72. The number of sulfonamides is 1. The normalized spacial score (nSPS) is 11.3. The van der Waals surface area contributed by atoms with E-state index in [1.54, 1.807) is 49.6 Å². The van der Waals surface area contributed by atoms with Gasteiger partial charge in [0.2, 0.25) is 10.0 Å². The van der Waals surface area contributed by atoms with Gasteiger partial charge in [0.25, 0.3) is 0 Å². The van der Waals surface area contributed by atoms with Crippen molar-refractivity contribution in [1.29, 1.82) is 0 Å². The Labute approximate surface area is 140 Å². The first-order valence-electron chi connectivity index (χ1n) is 6.37. The number of hydrogen-bond donors (Lipinski definition) is 0. The van der Waals surface area contributed by atoms with Crippen molar-refractivity contribution in [2.75, 3.05) is 17.7 Å². The Morgan fingerprint density at radius 2 is 1.68 bits per heavy atom. The third-order valence-corrected chi connectivity index (χ3v) is 4.95. The van der Waals surface area contributed by atoms with E-state index in [0.29, 0.717) is 21.5 Å². The second-order valence-corrected chi connectivity index (χ2v) is 7.44. The lowest BCUT2D eigenvalue weighted by atomic mass is 10.2. The van der Waals surface area contributed by atoms with Crippen LogP contribution in [0.2, 0.25) is 10.0 Å². The van der Waals surface area contributed by atoms with Crippen molar-refractivity contribution in [2.24, 2.45) is 0 Å². The highest BCUT2D eigenvalue weighted by molar-refractivity contribution is 7.92. The molecule has 2 rings (SSSR count). The van der Waals surface area contributed by atoms with Gasteiger partial charge < -0.3 is 4.74 Å². The molecule has 0 aromatic heterocycles. The second kappa shape index (κ2) is 6.77. The molecule has 0 radical (unpaired) electrons. The third-order valence-electron chi connectivity index (χ3n) is 3.07. The van der Waals surface area contributed by atoms with Crippen molar-refractivity contribution < 1.29 is 13.2 Å². The molecule has 0 unspecified atom stereocenters. The number of benzene rings is 2. The molecule has 2 aromatic rings. The summed E-state index contributed by atoms with van der Waals surface area (Å²) >= 11 is 11.9. The van der Waals surface area contributed by atoms with Crippen molar-refractivity contribution in [3.8, 4) is 5.75 Å². The number of hydrogen-bond acceptors (Lipinski definition) is 3. The van der Waals surface area contributed by atoms with Crippen LogP contribution in [0, 0.1) is 0 Å². The number of halogens is 2. The molecule has 0 saturated carbocycles. The molecular formula is C15H15Cl2NO3S. The van der Waals surface area contributed by atoms with Crippen LogP contribution in [-0.4, -0.2) is 21.8 Å². The van der Waals surface area contributed by atoms with Crippen LogP contribution in [0.15, 0.2) is 42.5 Å². The van der Waals surface area contributed by atoms with Gasteiger partial charge in [-0.15, -0.1) is 0 Å². The summed E-state index contributed by atoms with van der Waals surface area (Å²) < 4.78 is 30.5. The van der Waals surface area contributed by atoms with Gasteiger partial charge in [-0.3, -0.25) is 4.31 Å². The standard InChI is InChI=1S/C15H15Cl2NO3S/c1-21-13-6-4-12(5-7-13)18(22(2,19)20)10-11-3-8-14(16)15(17)9-11/h3-9H,10H2,1-2H3. The summed E-state index contributed by atoms with van der Waals surface area (Å²) in [5, 5.41) is 0.822. The highest BCUT2D eigenvalue weighted by atomic mass is 35.5. The molecule has 0 bridgehead atoms. The molecule has 0 N–H and O–H groups in total. The van der Waals surface area contributed by atoms with Gasteiger partial charge in [0.05, 0.1) is 35.6 Å². The SMILES string of the molecule is COc1ccc(N(Cc2ccc(Cl)c(Cl)c2)S(C)(=O)=O)cc1. The minimum Gasteiger partial charge on any atom is -0.497 e. The van der Waals surface area contributed by atoms with Gasteiger partial charge in [-0.25, -0.2) is 8.42 Å². The first-order valence-corrected chi connectivity index (χ1v) is 8.97. The fourth-order valence-electron chi connectivity index (χ4n) is 1.95. The van der Waals surface area contributed by atoms with Gasteiger partial charge in [0.15, 0.2) is 0 Å². The highest BCUT2D eigenvalue weighted by Crippen LogP contribution is 2.27. The minimum absolute atomic E-state index is 0.169. The average Bonchev–Trinajstić information content (AvgIpc) is 2.47. The predicted octanol–water partition coefficient (Wildman–Crippen LogP) is 3.97. The summed E-state index contributed by atoms with van der Waals surface area (Å²) in [6.45, 7) is 0.169. The smallest absolute Gasteiger partial charge is 0.232 e. The van der Waals surface area contributed by atoms with Crippen molar-refractivity contribution in [2.45, 2.75) is 6.54 Å². The maximum Gasteiger partial charge on any atom is 0.232 e. The van der Waals surface area contributed by atoms with Crippen molar-refractivity contribution >= 4 is 38.9 Å². The molecule has 2 aromatic carbocycles. The van der Waals surface area contributed by atoms with Crippen LogP contribution in [0.5, 0.6) is 5.75 Å². The van der Waals surface area contributed by atoms with E-state index in [-0.39, 0.29) is 6.54 Å². The molecule has 4 nitrogen and oxygen atoms in total. The zero-order valence-corrected chi connectivity index (χ0v) is 14.4. The van der Waals surface area contributed by atoms with E-state index < -0.39 is 10.0 Å². The lowest BCUT2D eigenvalue weighted by Crippen LogP contribution is -2.29. The van der Waals surface area contributed by atoms with Gasteiger partial charge >= 0.3 is 0 Å². The Morgan fingerprint density at radius 1 is 1.05 bits per heavy atom. The average molecular weight is 360 g/mol. The number of ether oxygens (including phenoxy) is 1. The fourth-order valence-corrected chi connectivity index (χ4v) is 3.16. The molecular weight excluding hydrogens is 345 g/mol. The van der Waals surface area contributed by atoms with Crippen LogP contribution in [0.4, 0.5) is 5.69 Å². The first kappa shape index (κ1) is 16.9. The summed E-state index contributed by atoms with van der Waals surface area (Å²) in [5.74, 6) is 0.659. The van der Waals surface area contributed by atoms with Gasteiger partial charge in [-0.2, -0.15) is 0 Å². The predicted molar refractivity (Wildman–Crippen MR) is 90.5 cm³/mol. The van der Waals surface area contributed by atoms with E-state index in [9.17, 15) is 8.42 Å². The molecule has 0 atom stereocenters. The van der Waals surface area contributed by atoms with Crippen molar-refractivity contribution in [3.63, 3.8) is 0 Å². The van der Waals surface area contributed by atoms with Gasteiger partial charge in [-0.05, 0) is 42.0 Å². The number of nitrogens with zero attached hydrogens (tertiary/aromatic N) is 1. The van der Waals surface area contributed by atoms with Gasteiger partial charge in [0, 0.05) is 0 Å². The Kier molecular flexibility index (Phi) is 5.21. The molecule has 0 aliphatic carbocycles. The molecule has 7 heteroatoms.